The fourth-order valence-electron chi connectivity index (χ4n) is 4.06. The molecule has 0 spiro atoms. The van der Waals surface area contributed by atoms with Crippen molar-refractivity contribution in [2.45, 2.75) is 12.8 Å². The quantitative estimate of drug-likeness (QED) is 0.170. The standard InChI is InChI=1S/C25H23N3O6/c1-32-23-17(9-8-15-6-4-3-5-7-15)14-19-21(24(23)33-2)20(22(27-26)25(29)34-19)16-10-12-18(13-11-16)28(30)31/h3-7,10-14,27H,8-9,26H2,1-2H3. The van der Waals surface area contributed by atoms with Crippen LogP contribution in [0.15, 0.2) is 69.9 Å². The van der Waals surface area contributed by atoms with Gasteiger partial charge in [-0.25, -0.2) is 4.79 Å². The van der Waals surface area contributed by atoms with Gasteiger partial charge in [-0.3, -0.25) is 16.0 Å². The molecule has 0 aliphatic heterocycles. The first-order valence-electron chi connectivity index (χ1n) is 10.5. The van der Waals surface area contributed by atoms with Gasteiger partial charge in [0.25, 0.3) is 5.69 Å². The molecule has 1 aromatic heterocycles. The average Bonchev–Trinajstić information content (AvgIpc) is 2.86. The third-order valence-electron chi connectivity index (χ3n) is 5.63. The average molecular weight is 461 g/mol. The fourth-order valence-corrected chi connectivity index (χ4v) is 4.06. The number of hydrogen-bond acceptors (Lipinski definition) is 8. The molecular formula is C25H23N3O6. The summed E-state index contributed by atoms with van der Waals surface area (Å²) in [5, 5.41) is 11.6. The van der Waals surface area contributed by atoms with Crippen LogP contribution >= 0.6 is 0 Å². The molecule has 0 atom stereocenters. The molecule has 0 unspecified atom stereocenters. The molecular weight excluding hydrogens is 438 g/mol. The number of benzene rings is 3. The summed E-state index contributed by atoms with van der Waals surface area (Å²) in [6, 6.07) is 17.5. The Morgan fingerprint density at radius 3 is 2.26 bits per heavy atom. The normalized spacial score (nSPS) is 10.8. The SMILES string of the molecule is COc1c(CCc2ccccc2)cc2oc(=O)c(NN)c(-c3ccc([N+](=O)[O-])cc3)c2c1OC. The summed E-state index contributed by atoms with van der Waals surface area (Å²) in [5.41, 5.74) is 4.82. The number of aryl methyl sites for hydroxylation is 2. The number of fused-ring (bicyclic) bond motifs is 1. The Labute approximate surface area is 194 Å². The molecule has 0 fully saturated rings. The molecule has 34 heavy (non-hydrogen) atoms. The molecule has 9 nitrogen and oxygen atoms in total. The molecule has 174 valence electrons. The van der Waals surface area contributed by atoms with Crippen LogP contribution in [0.1, 0.15) is 11.1 Å². The van der Waals surface area contributed by atoms with Crippen molar-refractivity contribution in [1.82, 2.24) is 0 Å². The van der Waals surface area contributed by atoms with Crippen molar-refractivity contribution in [3.8, 4) is 22.6 Å². The highest BCUT2D eigenvalue weighted by atomic mass is 16.6. The predicted octanol–water partition coefficient (Wildman–Crippen LogP) is 4.46. The van der Waals surface area contributed by atoms with Gasteiger partial charge in [0.15, 0.2) is 11.5 Å². The van der Waals surface area contributed by atoms with E-state index in [9.17, 15) is 14.9 Å². The number of anilines is 1. The summed E-state index contributed by atoms with van der Waals surface area (Å²) in [6.07, 6.45) is 1.36. The third-order valence-corrected chi connectivity index (χ3v) is 5.63. The molecule has 0 radical (unpaired) electrons. The molecule has 0 saturated heterocycles. The van der Waals surface area contributed by atoms with Gasteiger partial charge in [0.05, 0.1) is 24.5 Å². The topological polar surface area (TPSA) is 130 Å². The van der Waals surface area contributed by atoms with E-state index in [1.165, 1.54) is 19.2 Å². The number of nitrogen functional groups attached to an aromatic ring is 1. The number of hydrogen-bond donors (Lipinski definition) is 2. The molecule has 4 aromatic rings. The van der Waals surface area contributed by atoms with Gasteiger partial charge < -0.3 is 19.3 Å². The lowest BCUT2D eigenvalue weighted by Gasteiger charge is -2.19. The summed E-state index contributed by atoms with van der Waals surface area (Å²) in [4.78, 5) is 23.4. The first-order chi connectivity index (χ1) is 16.5. The molecule has 0 aliphatic carbocycles. The largest absolute Gasteiger partial charge is 0.493 e. The zero-order valence-electron chi connectivity index (χ0n) is 18.7. The van der Waals surface area contributed by atoms with E-state index in [0.29, 0.717) is 34.4 Å². The minimum atomic E-state index is -0.676. The highest BCUT2D eigenvalue weighted by Gasteiger charge is 2.24. The summed E-state index contributed by atoms with van der Waals surface area (Å²) >= 11 is 0. The number of nitro groups is 1. The Hall–Kier alpha value is -4.37. The molecule has 3 N–H and O–H groups in total. The van der Waals surface area contributed by atoms with Gasteiger partial charge in [-0.15, -0.1) is 0 Å². The van der Waals surface area contributed by atoms with Gasteiger partial charge in [0, 0.05) is 23.3 Å². The zero-order chi connectivity index (χ0) is 24.2. The van der Waals surface area contributed by atoms with Crippen LogP contribution < -0.4 is 26.4 Å². The van der Waals surface area contributed by atoms with Crippen molar-refractivity contribution in [1.29, 1.82) is 0 Å². The lowest BCUT2D eigenvalue weighted by Crippen LogP contribution is -2.17. The monoisotopic (exact) mass is 461 g/mol. The van der Waals surface area contributed by atoms with E-state index in [0.717, 1.165) is 17.5 Å². The van der Waals surface area contributed by atoms with E-state index >= 15 is 0 Å². The Bertz CT molecular complexity index is 1400. The first-order valence-corrected chi connectivity index (χ1v) is 10.5. The van der Waals surface area contributed by atoms with Crippen molar-refractivity contribution in [2.24, 2.45) is 5.84 Å². The smallest absolute Gasteiger partial charge is 0.361 e. The number of nitrogens with two attached hydrogens (primary N) is 1. The molecule has 4 rings (SSSR count). The first kappa shape index (κ1) is 22.8. The van der Waals surface area contributed by atoms with E-state index in [2.05, 4.69) is 5.43 Å². The zero-order valence-corrected chi connectivity index (χ0v) is 18.7. The van der Waals surface area contributed by atoms with E-state index in [-0.39, 0.29) is 17.0 Å². The van der Waals surface area contributed by atoms with E-state index in [1.54, 1.807) is 25.3 Å². The van der Waals surface area contributed by atoms with E-state index in [1.807, 2.05) is 30.3 Å². The highest BCUT2D eigenvalue weighted by molar-refractivity contribution is 6.05. The molecule has 0 aliphatic rings. The lowest BCUT2D eigenvalue weighted by atomic mass is 9.95. The Kier molecular flexibility index (Phi) is 6.46. The molecule has 9 heteroatoms. The maximum absolute atomic E-state index is 12.8. The number of nitro benzene ring substituents is 1. The lowest BCUT2D eigenvalue weighted by molar-refractivity contribution is -0.384. The van der Waals surface area contributed by atoms with Crippen molar-refractivity contribution < 1.29 is 18.8 Å². The number of ether oxygens (including phenoxy) is 2. The van der Waals surface area contributed by atoms with Crippen LogP contribution in [0.5, 0.6) is 11.5 Å². The number of nitrogens with one attached hydrogen (secondary N) is 1. The number of nitrogens with zero attached hydrogens (tertiary/aromatic N) is 1. The molecule has 1 heterocycles. The van der Waals surface area contributed by atoms with Crippen LogP contribution in [0, 0.1) is 10.1 Å². The van der Waals surface area contributed by atoms with E-state index < -0.39 is 10.5 Å². The van der Waals surface area contributed by atoms with Gasteiger partial charge in [0.1, 0.15) is 11.3 Å². The van der Waals surface area contributed by atoms with Crippen LogP contribution in [0.3, 0.4) is 0 Å². The molecule has 3 aromatic carbocycles. The van der Waals surface area contributed by atoms with Crippen LogP contribution in [-0.2, 0) is 12.8 Å². The van der Waals surface area contributed by atoms with Crippen molar-refractivity contribution in [2.75, 3.05) is 19.6 Å². The second kappa shape index (κ2) is 9.63. The molecule has 0 bridgehead atoms. The van der Waals surface area contributed by atoms with Crippen LogP contribution in [0.2, 0.25) is 0 Å². The molecule has 0 saturated carbocycles. The Morgan fingerprint density at radius 2 is 1.68 bits per heavy atom. The van der Waals surface area contributed by atoms with Crippen LogP contribution in [-0.4, -0.2) is 19.1 Å². The number of rotatable bonds is 8. The summed E-state index contributed by atoms with van der Waals surface area (Å²) in [5.74, 6) is 6.55. The maximum atomic E-state index is 12.8. The van der Waals surface area contributed by atoms with Gasteiger partial charge in [-0.2, -0.15) is 0 Å². The van der Waals surface area contributed by atoms with Gasteiger partial charge in [-0.1, -0.05) is 30.3 Å². The summed E-state index contributed by atoms with van der Waals surface area (Å²) in [6.45, 7) is 0. The number of methoxy groups -OCH3 is 2. The van der Waals surface area contributed by atoms with Gasteiger partial charge >= 0.3 is 5.63 Å². The number of non-ortho nitro benzene ring substituents is 1. The predicted molar refractivity (Wildman–Crippen MR) is 129 cm³/mol. The second-order valence-corrected chi connectivity index (χ2v) is 7.55. The fraction of sp³-hybridized carbons (Fsp3) is 0.160. The van der Waals surface area contributed by atoms with Crippen LogP contribution in [0.4, 0.5) is 11.4 Å². The maximum Gasteiger partial charge on any atom is 0.361 e. The minimum absolute atomic E-state index is 0.00117. The third kappa shape index (κ3) is 4.16. The van der Waals surface area contributed by atoms with Gasteiger partial charge in [0.2, 0.25) is 0 Å². The second-order valence-electron chi connectivity index (χ2n) is 7.55. The van der Waals surface area contributed by atoms with Crippen molar-refractivity contribution in [3.63, 3.8) is 0 Å². The van der Waals surface area contributed by atoms with Crippen LogP contribution in [0.25, 0.3) is 22.1 Å². The minimum Gasteiger partial charge on any atom is -0.493 e. The Morgan fingerprint density at radius 1 is 1.00 bits per heavy atom. The summed E-state index contributed by atoms with van der Waals surface area (Å²) < 4.78 is 17.1. The van der Waals surface area contributed by atoms with Gasteiger partial charge in [-0.05, 0) is 42.2 Å². The summed E-state index contributed by atoms with van der Waals surface area (Å²) in [7, 11) is 3.04. The number of hydrazine groups is 1. The van der Waals surface area contributed by atoms with Crippen molar-refractivity contribution in [3.05, 3.63) is 92.3 Å². The highest BCUT2D eigenvalue weighted by Crippen LogP contribution is 2.45. The Balaban J connectivity index is 1.96. The van der Waals surface area contributed by atoms with Crippen molar-refractivity contribution >= 4 is 22.3 Å². The van der Waals surface area contributed by atoms with E-state index in [4.69, 9.17) is 19.7 Å². The molecule has 0 amide bonds.